The van der Waals surface area contributed by atoms with E-state index in [0.717, 1.165) is 17.8 Å². The molecule has 14 heavy (non-hydrogen) atoms. The third kappa shape index (κ3) is 6.86. The molecule has 0 saturated heterocycles. The van der Waals surface area contributed by atoms with Gasteiger partial charge in [-0.05, 0) is 30.6 Å². The molecule has 0 radical (unpaired) electrons. The largest absolute Gasteiger partial charge is 0.0928 e. The molecule has 0 rings (SSSR count). The Hall–Kier alpha value is 0.480. The van der Waals surface area contributed by atoms with E-state index in [1.807, 2.05) is 0 Å². The van der Waals surface area contributed by atoms with Crippen LogP contribution in [0.3, 0.4) is 0 Å². The second kappa shape index (κ2) is 8.76. The molecule has 0 amide bonds. The fraction of sp³-hybridized carbons (Fsp3) is 1.00. The SMILES string of the molecule is CCC(CCCBr)C(C)CCC(C)C. The van der Waals surface area contributed by atoms with Gasteiger partial charge in [0, 0.05) is 5.33 Å². The molecule has 0 aromatic carbocycles. The van der Waals surface area contributed by atoms with Gasteiger partial charge in [-0.25, -0.2) is 0 Å². The van der Waals surface area contributed by atoms with Gasteiger partial charge in [0.05, 0.1) is 0 Å². The van der Waals surface area contributed by atoms with Crippen molar-refractivity contribution in [1.29, 1.82) is 0 Å². The average molecular weight is 263 g/mol. The first kappa shape index (κ1) is 14.5. The van der Waals surface area contributed by atoms with Crippen molar-refractivity contribution >= 4 is 15.9 Å². The molecule has 0 aliphatic heterocycles. The molecule has 0 N–H and O–H groups in total. The van der Waals surface area contributed by atoms with Crippen LogP contribution in [-0.4, -0.2) is 5.33 Å². The fourth-order valence-corrected chi connectivity index (χ4v) is 2.39. The van der Waals surface area contributed by atoms with Crippen molar-refractivity contribution in [3.8, 4) is 0 Å². The zero-order chi connectivity index (χ0) is 11.0. The summed E-state index contributed by atoms with van der Waals surface area (Å²) in [6, 6.07) is 0. The van der Waals surface area contributed by atoms with Crippen molar-refractivity contribution in [3.63, 3.8) is 0 Å². The van der Waals surface area contributed by atoms with Gasteiger partial charge in [-0.3, -0.25) is 0 Å². The maximum atomic E-state index is 3.52. The number of alkyl halides is 1. The van der Waals surface area contributed by atoms with Crippen LogP contribution in [0.15, 0.2) is 0 Å². The first-order valence-corrected chi connectivity index (χ1v) is 7.29. The predicted octanol–water partition coefficient (Wildman–Crippen LogP) is 5.26. The highest BCUT2D eigenvalue weighted by molar-refractivity contribution is 9.09. The van der Waals surface area contributed by atoms with E-state index in [9.17, 15) is 0 Å². The molecule has 0 fully saturated rings. The van der Waals surface area contributed by atoms with E-state index in [1.165, 1.54) is 37.4 Å². The minimum atomic E-state index is 0.867. The van der Waals surface area contributed by atoms with Gasteiger partial charge in [0.15, 0.2) is 0 Å². The van der Waals surface area contributed by atoms with Crippen molar-refractivity contribution in [2.45, 2.75) is 59.8 Å². The van der Waals surface area contributed by atoms with Gasteiger partial charge < -0.3 is 0 Å². The van der Waals surface area contributed by atoms with Crippen molar-refractivity contribution in [3.05, 3.63) is 0 Å². The summed E-state index contributed by atoms with van der Waals surface area (Å²) in [5.41, 5.74) is 0. The van der Waals surface area contributed by atoms with Gasteiger partial charge in [0.2, 0.25) is 0 Å². The predicted molar refractivity (Wildman–Crippen MR) is 70.0 cm³/mol. The highest BCUT2D eigenvalue weighted by atomic mass is 79.9. The zero-order valence-corrected chi connectivity index (χ0v) is 11.9. The Morgan fingerprint density at radius 2 is 1.64 bits per heavy atom. The van der Waals surface area contributed by atoms with Gasteiger partial charge in [-0.1, -0.05) is 62.9 Å². The maximum absolute atomic E-state index is 3.52. The van der Waals surface area contributed by atoms with Crippen LogP contribution in [0.25, 0.3) is 0 Å². The summed E-state index contributed by atoms with van der Waals surface area (Å²) in [6.45, 7) is 9.42. The second-order valence-electron chi connectivity index (χ2n) is 4.95. The number of rotatable bonds is 8. The fourth-order valence-electron chi connectivity index (χ4n) is 2.06. The van der Waals surface area contributed by atoms with E-state index in [1.54, 1.807) is 0 Å². The third-order valence-electron chi connectivity index (χ3n) is 3.24. The van der Waals surface area contributed by atoms with Crippen LogP contribution < -0.4 is 0 Å². The van der Waals surface area contributed by atoms with Crippen LogP contribution in [-0.2, 0) is 0 Å². The topological polar surface area (TPSA) is 0 Å². The highest BCUT2D eigenvalue weighted by Gasteiger charge is 2.14. The molecule has 0 aliphatic rings. The Labute approximate surface area is 99.0 Å². The standard InChI is InChI=1S/C13H27Br/c1-5-13(7-6-10-14)12(4)9-8-11(2)3/h11-13H,5-10H2,1-4H3. The Morgan fingerprint density at radius 1 is 1.00 bits per heavy atom. The summed E-state index contributed by atoms with van der Waals surface area (Å²) in [7, 11) is 0. The lowest BCUT2D eigenvalue weighted by Gasteiger charge is -2.23. The molecule has 1 heteroatoms. The molecule has 0 saturated carbocycles. The van der Waals surface area contributed by atoms with Crippen molar-refractivity contribution in [1.82, 2.24) is 0 Å². The molecule has 0 aliphatic carbocycles. The van der Waals surface area contributed by atoms with E-state index in [2.05, 4.69) is 43.6 Å². The molecule has 2 unspecified atom stereocenters. The van der Waals surface area contributed by atoms with Crippen molar-refractivity contribution < 1.29 is 0 Å². The van der Waals surface area contributed by atoms with Gasteiger partial charge in [0.1, 0.15) is 0 Å². The lowest BCUT2D eigenvalue weighted by molar-refractivity contribution is 0.290. The molecule has 0 heterocycles. The summed E-state index contributed by atoms with van der Waals surface area (Å²) in [4.78, 5) is 0. The Morgan fingerprint density at radius 3 is 2.07 bits per heavy atom. The number of hydrogen-bond donors (Lipinski definition) is 0. The summed E-state index contributed by atoms with van der Waals surface area (Å²) in [5, 5.41) is 1.17. The lowest BCUT2D eigenvalue weighted by atomic mass is 9.83. The van der Waals surface area contributed by atoms with Gasteiger partial charge in [-0.15, -0.1) is 0 Å². The van der Waals surface area contributed by atoms with Gasteiger partial charge >= 0.3 is 0 Å². The van der Waals surface area contributed by atoms with Crippen molar-refractivity contribution in [2.24, 2.45) is 17.8 Å². The van der Waals surface area contributed by atoms with E-state index in [0.29, 0.717) is 0 Å². The zero-order valence-electron chi connectivity index (χ0n) is 10.4. The van der Waals surface area contributed by atoms with Crippen LogP contribution in [0.5, 0.6) is 0 Å². The lowest BCUT2D eigenvalue weighted by Crippen LogP contribution is -2.12. The smallest absolute Gasteiger partial charge is 0.00314 e. The van der Waals surface area contributed by atoms with Crippen LogP contribution in [0.4, 0.5) is 0 Å². The average Bonchev–Trinajstić information content (AvgIpc) is 2.16. The van der Waals surface area contributed by atoms with E-state index < -0.39 is 0 Å². The molecule has 0 aromatic heterocycles. The van der Waals surface area contributed by atoms with Crippen LogP contribution in [0.1, 0.15) is 59.8 Å². The molecule has 86 valence electrons. The Balaban J connectivity index is 3.72. The maximum Gasteiger partial charge on any atom is 0.00314 e. The molecule has 0 nitrogen and oxygen atoms in total. The first-order chi connectivity index (χ1) is 6.61. The molecular weight excluding hydrogens is 236 g/mol. The third-order valence-corrected chi connectivity index (χ3v) is 3.80. The molecule has 0 spiro atoms. The number of halogens is 1. The molecule has 0 bridgehead atoms. The summed E-state index contributed by atoms with van der Waals surface area (Å²) in [6.07, 6.45) is 6.90. The Kier molecular flexibility index (Phi) is 9.06. The van der Waals surface area contributed by atoms with E-state index >= 15 is 0 Å². The second-order valence-corrected chi connectivity index (χ2v) is 5.74. The minimum Gasteiger partial charge on any atom is -0.0928 e. The minimum absolute atomic E-state index is 0.867. The van der Waals surface area contributed by atoms with Crippen LogP contribution >= 0.6 is 15.9 Å². The van der Waals surface area contributed by atoms with Crippen LogP contribution in [0, 0.1) is 17.8 Å². The molecular formula is C13H27Br. The normalized spacial score (nSPS) is 15.9. The summed E-state index contributed by atoms with van der Waals surface area (Å²) < 4.78 is 0. The Bertz CT molecular complexity index is 120. The van der Waals surface area contributed by atoms with Gasteiger partial charge in [0.25, 0.3) is 0 Å². The van der Waals surface area contributed by atoms with Crippen molar-refractivity contribution in [2.75, 3.05) is 5.33 Å². The van der Waals surface area contributed by atoms with Crippen LogP contribution in [0.2, 0.25) is 0 Å². The van der Waals surface area contributed by atoms with Gasteiger partial charge in [-0.2, -0.15) is 0 Å². The highest BCUT2D eigenvalue weighted by Crippen LogP contribution is 2.26. The first-order valence-electron chi connectivity index (χ1n) is 6.17. The number of hydrogen-bond acceptors (Lipinski definition) is 0. The quantitative estimate of drug-likeness (QED) is 0.524. The molecule has 2 atom stereocenters. The monoisotopic (exact) mass is 262 g/mol. The molecule has 0 aromatic rings. The van der Waals surface area contributed by atoms with E-state index in [4.69, 9.17) is 0 Å². The summed E-state index contributed by atoms with van der Waals surface area (Å²) in [5.74, 6) is 2.74. The van der Waals surface area contributed by atoms with E-state index in [-0.39, 0.29) is 0 Å². The summed E-state index contributed by atoms with van der Waals surface area (Å²) >= 11 is 3.52.